The van der Waals surface area contributed by atoms with Crippen molar-refractivity contribution >= 4 is 17.6 Å². The SMILES string of the molecule is CC.CCCC(=O)OCc1ccccc1Cl. The fraction of sp³-hybridized carbons (Fsp3) is 0.462. The van der Waals surface area contributed by atoms with E-state index in [0.717, 1.165) is 12.0 Å². The van der Waals surface area contributed by atoms with Crippen molar-refractivity contribution in [2.45, 2.75) is 40.2 Å². The molecule has 0 saturated carbocycles. The van der Waals surface area contributed by atoms with E-state index in [4.69, 9.17) is 16.3 Å². The molecule has 0 radical (unpaired) electrons. The van der Waals surface area contributed by atoms with Crippen LogP contribution in [0.5, 0.6) is 0 Å². The van der Waals surface area contributed by atoms with Crippen LogP contribution in [0.15, 0.2) is 24.3 Å². The number of esters is 1. The molecule has 2 nitrogen and oxygen atoms in total. The first-order valence-corrected chi connectivity index (χ1v) is 6.01. The van der Waals surface area contributed by atoms with Crippen LogP contribution in [0.1, 0.15) is 39.2 Å². The van der Waals surface area contributed by atoms with Crippen molar-refractivity contribution in [1.82, 2.24) is 0 Å². The van der Waals surface area contributed by atoms with E-state index in [1.54, 1.807) is 6.07 Å². The summed E-state index contributed by atoms with van der Waals surface area (Å²) in [6.07, 6.45) is 1.27. The minimum atomic E-state index is -0.174. The summed E-state index contributed by atoms with van der Waals surface area (Å²) in [5.74, 6) is -0.174. The van der Waals surface area contributed by atoms with Gasteiger partial charge in [0.1, 0.15) is 6.61 Å². The fourth-order valence-electron chi connectivity index (χ4n) is 1.05. The van der Waals surface area contributed by atoms with Crippen molar-refractivity contribution in [1.29, 1.82) is 0 Å². The molecule has 0 saturated heterocycles. The topological polar surface area (TPSA) is 26.3 Å². The molecule has 0 fully saturated rings. The van der Waals surface area contributed by atoms with Gasteiger partial charge in [0.15, 0.2) is 0 Å². The summed E-state index contributed by atoms with van der Waals surface area (Å²) in [6.45, 7) is 6.20. The van der Waals surface area contributed by atoms with Crippen LogP contribution in [0, 0.1) is 0 Å². The summed E-state index contributed by atoms with van der Waals surface area (Å²) in [6, 6.07) is 7.35. The number of carbonyl (C=O) groups is 1. The molecule has 0 N–H and O–H groups in total. The lowest BCUT2D eigenvalue weighted by Gasteiger charge is -2.05. The Kier molecular flexibility index (Phi) is 8.64. The second-order valence-electron chi connectivity index (χ2n) is 3.00. The molecule has 0 aliphatic heterocycles. The van der Waals surface area contributed by atoms with Gasteiger partial charge >= 0.3 is 5.97 Å². The van der Waals surface area contributed by atoms with E-state index in [1.165, 1.54) is 0 Å². The van der Waals surface area contributed by atoms with Crippen LogP contribution >= 0.6 is 11.6 Å². The third kappa shape index (κ3) is 5.76. The number of hydrogen-bond donors (Lipinski definition) is 0. The zero-order valence-corrected chi connectivity index (χ0v) is 10.9. The van der Waals surface area contributed by atoms with Gasteiger partial charge in [-0.2, -0.15) is 0 Å². The van der Waals surface area contributed by atoms with Crippen molar-refractivity contribution in [3.63, 3.8) is 0 Å². The highest BCUT2D eigenvalue weighted by molar-refractivity contribution is 6.31. The molecule has 0 atom stereocenters. The molecule has 1 rings (SSSR count). The Labute approximate surface area is 103 Å². The van der Waals surface area contributed by atoms with Crippen LogP contribution < -0.4 is 0 Å². The van der Waals surface area contributed by atoms with Gasteiger partial charge in [0.05, 0.1) is 0 Å². The van der Waals surface area contributed by atoms with Crippen molar-refractivity contribution < 1.29 is 9.53 Å². The normalized spacial score (nSPS) is 9.00. The van der Waals surface area contributed by atoms with E-state index in [-0.39, 0.29) is 12.6 Å². The first-order chi connectivity index (χ1) is 7.74. The molecule has 1 aromatic rings. The van der Waals surface area contributed by atoms with E-state index >= 15 is 0 Å². The highest BCUT2D eigenvalue weighted by Gasteiger charge is 2.03. The summed E-state index contributed by atoms with van der Waals surface area (Å²) in [5.41, 5.74) is 0.846. The number of carbonyl (C=O) groups excluding carboxylic acids is 1. The molecule has 0 amide bonds. The molecule has 0 unspecified atom stereocenters. The predicted octanol–water partition coefficient (Wildman–Crippen LogP) is 4.21. The molecule has 0 aromatic heterocycles. The Morgan fingerprint density at radius 1 is 1.31 bits per heavy atom. The van der Waals surface area contributed by atoms with E-state index in [9.17, 15) is 4.79 Å². The van der Waals surface area contributed by atoms with Gasteiger partial charge in [0.25, 0.3) is 0 Å². The molecule has 0 aliphatic carbocycles. The summed E-state index contributed by atoms with van der Waals surface area (Å²) >= 11 is 5.89. The van der Waals surface area contributed by atoms with E-state index in [1.807, 2.05) is 39.0 Å². The fourth-order valence-corrected chi connectivity index (χ4v) is 1.24. The average molecular weight is 243 g/mol. The van der Waals surface area contributed by atoms with Crippen molar-refractivity contribution in [2.24, 2.45) is 0 Å². The third-order valence-corrected chi connectivity index (χ3v) is 2.17. The lowest BCUT2D eigenvalue weighted by Crippen LogP contribution is -2.03. The van der Waals surface area contributed by atoms with Crippen molar-refractivity contribution in [3.8, 4) is 0 Å². The average Bonchev–Trinajstić information content (AvgIpc) is 2.31. The van der Waals surface area contributed by atoms with Gasteiger partial charge in [-0.1, -0.05) is 50.6 Å². The van der Waals surface area contributed by atoms with Crippen LogP contribution in [0.4, 0.5) is 0 Å². The number of halogens is 1. The first-order valence-electron chi connectivity index (χ1n) is 5.63. The lowest BCUT2D eigenvalue weighted by molar-refractivity contribution is -0.144. The van der Waals surface area contributed by atoms with Gasteiger partial charge in [0, 0.05) is 17.0 Å². The van der Waals surface area contributed by atoms with Gasteiger partial charge in [0.2, 0.25) is 0 Å². The zero-order chi connectivity index (χ0) is 12.4. The number of rotatable bonds is 4. The van der Waals surface area contributed by atoms with Crippen molar-refractivity contribution in [2.75, 3.05) is 0 Å². The molecular weight excluding hydrogens is 224 g/mol. The van der Waals surface area contributed by atoms with Crippen LogP contribution in [0.3, 0.4) is 0 Å². The molecule has 90 valence electrons. The quantitative estimate of drug-likeness (QED) is 0.740. The van der Waals surface area contributed by atoms with Gasteiger partial charge in [-0.3, -0.25) is 4.79 Å². The molecule has 0 heterocycles. The van der Waals surface area contributed by atoms with Gasteiger partial charge in [-0.15, -0.1) is 0 Å². The minimum absolute atomic E-state index is 0.174. The summed E-state index contributed by atoms with van der Waals surface area (Å²) in [5, 5.41) is 0.636. The first kappa shape index (κ1) is 15.0. The summed E-state index contributed by atoms with van der Waals surface area (Å²) < 4.78 is 5.03. The molecular formula is C13H19ClO2. The Morgan fingerprint density at radius 3 is 2.50 bits per heavy atom. The van der Waals surface area contributed by atoms with Crippen LogP contribution in [-0.2, 0) is 16.1 Å². The Morgan fingerprint density at radius 2 is 1.94 bits per heavy atom. The maximum atomic E-state index is 11.1. The highest BCUT2D eigenvalue weighted by Crippen LogP contribution is 2.15. The molecule has 3 heteroatoms. The molecule has 0 spiro atoms. The van der Waals surface area contributed by atoms with E-state index in [2.05, 4.69) is 0 Å². The third-order valence-electron chi connectivity index (χ3n) is 1.80. The lowest BCUT2D eigenvalue weighted by atomic mass is 10.2. The second kappa shape index (κ2) is 9.22. The summed E-state index contributed by atoms with van der Waals surface area (Å²) in [4.78, 5) is 11.1. The number of ether oxygens (including phenoxy) is 1. The molecule has 16 heavy (non-hydrogen) atoms. The van der Waals surface area contributed by atoms with E-state index < -0.39 is 0 Å². The van der Waals surface area contributed by atoms with Gasteiger partial charge < -0.3 is 4.74 Å². The molecule has 0 bridgehead atoms. The largest absolute Gasteiger partial charge is 0.461 e. The van der Waals surface area contributed by atoms with Crippen molar-refractivity contribution in [3.05, 3.63) is 34.9 Å². The van der Waals surface area contributed by atoms with Crippen LogP contribution in [0.2, 0.25) is 5.02 Å². The standard InChI is InChI=1S/C11H13ClO2.C2H6/c1-2-5-11(13)14-8-9-6-3-4-7-10(9)12;1-2/h3-4,6-7H,2,5,8H2,1H3;1-2H3. The van der Waals surface area contributed by atoms with Crippen LogP contribution in [0.25, 0.3) is 0 Å². The highest BCUT2D eigenvalue weighted by atomic mass is 35.5. The Bertz CT molecular complexity index is 311. The minimum Gasteiger partial charge on any atom is -0.461 e. The van der Waals surface area contributed by atoms with Gasteiger partial charge in [-0.25, -0.2) is 0 Å². The number of hydrogen-bond acceptors (Lipinski definition) is 2. The summed E-state index contributed by atoms with van der Waals surface area (Å²) in [7, 11) is 0. The zero-order valence-electron chi connectivity index (χ0n) is 10.1. The monoisotopic (exact) mass is 242 g/mol. The van der Waals surface area contributed by atoms with E-state index in [0.29, 0.717) is 11.4 Å². The molecule has 1 aromatic carbocycles. The molecule has 0 aliphatic rings. The predicted molar refractivity (Wildman–Crippen MR) is 67.5 cm³/mol. The smallest absolute Gasteiger partial charge is 0.306 e. The van der Waals surface area contributed by atoms with Crippen LogP contribution in [-0.4, -0.2) is 5.97 Å². The Balaban J connectivity index is 0.00000106. The van der Waals surface area contributed by atoms with Gasteiger partial charge in [-0.05, 0) is 12.5 Å². The Hall–Kier alpha value is -1.02. The maximum absolute atomic E-state index is 11.1. The maximum Gasteiger partial charge on any atom is 0.306 e. The second-order valence-corrected chi connectivity index (χ2v) is 3.41. The number of benzene rings is 1.